The maximum absolute atomic E-state index is 13.7. The Morgan fingerprint density at radius 3 is 2.28 bits per heavy atom. The summed E-state index contributed by atoms with van der Waals surface area (Å²) in [5.74, 6) is -1.87. The number of aromatic nitrogens is 3. The molecule has 8 rings (SSSR count). The highest BCUT2D eigenvalue weighted by Crippen LogP contribution is 2.38. The number of benzene rings is 2. The fraction of sp³-hybridized carbons (Fsp3) is 0.477. The van der Waals surface area contributed by atoms with E-state index in [0.29, 0.717) is 34.2 Å². The minimum absolute atomic E-state index is 0.0707. The largest absolute Gasteiger partial charge is 0.433 e. The molecule has 3 N–H and O–H groups in total. The summed E-state index contributed by atoms with van der Waals surface area (Å²) in [6.45, 7) is 6.50. The number of nitrogens with zero attached hydrogens (tertiary/aromatic N) is 6. The van der Waals surface area contributed by atoms with Crippen LogP contribution in [0.2, 0.25) is 0 Å². The number of carbonyl (C=O) groups is 5. The summed E-state index contributed by atoms with van der Waals surface area (Å²) in [5, 5.41) is 21.5. The molecule has 14 nitrogen and oxygen atoms in total. The summed E-state index contributed by atoms with van der Waals surface area (Å²) < 4.78 is 41.7. The number of fused-ring (bicyclic) bond motifs is 2. The number of halogens is 3. The number of anilines is 2. The van der Waals surface area contributed by atoms with Gasteiger partial charge >= 0.3 is 6.18 Å². The molecule has 2 aromatic carbocycles. The topological polar surface area (TPSA) is 170 Å². The summed E-state index contributed by atoms with van der Waals surface area (Å²) in [6.07, 6.45) is 3.14. The maximum Gasteiger partial charge on any atom is 0.433 e. The van der Waals surface area contributed by atoms with Crippen molar-refractivity contribution in [2.24, 2.45) is 11.8 Å². The van der Waals surface area contributed by atoms with Gasteiger partial charge in [0.1, 0.15) is 17.4 Å². The zero-order valence-corrected chi connectivity index (χ0v) is 34.3. The van der Waals surface area contributed by atoms with E-state index in [-0.39, 0.29) is 30.1 Å². The van der Waals surface area contributed by atoms with Gasteiger partial charge in [-0.2, -0.15) is 18.3 Å². The molecular formula is C44H49F3N8O6. The number of carbonyl (C=O) groups excluding carboxylic acids is 5. The fourth-order valence-electron chi connectivity index (χ4n) is 9.46. The van der Waals surface area contributed by atoms with Gasteiger partial charge in [-0.1, -0.05) is 12.1 Å². The number of hydrogen-bond donors (Lipinski definition) is 3. The number of amides is 5. The highest BCUT2D eigenvalue weighted by Gasteiger charge is 2.46. The van der Waals surface area contributed by atoms with Crippen LogP contribution in [0.4, 0.5) is 24.5 Å². The Bertz CT molecular complexity index is 2390. The molecule has 0 spiro atoms. The lowest BCUT2D eigenvalue weighted by Gasteiger charge is -2.37. The Morgan fingerprint density at radius 1 is 0.918 bits per heavy atom. The van der Waals surface area contributed by atoms with Crippen LogP contribution in [0, 0.1) is 11.8 Å². The van der Waals surface area contributed by atoms with Crippen LogP contribution in [0.15, 0.2) is 54.7 Å². The molecule has 0 radical (unpaired) electrons. The van der Waals surface area contributed by atoms with Crippen molar-refractivity contribution in [2.75, 3.05) is 43.4 Å². The monoisotopic (exact) mass is 842 g/mol. The molecule has 1 aliphatic carbocycles. The summed E-state index contributed by atoms with van der Waals surface area (Å²) in [5.41, 5.74) is -0.378. The van der Waals surface area contributed by atoms with Gasteiger partial charge in [0, 0.05) is 55.4 Å². The van der Waals surface area contributed by atoms with Crippen molar-refractivity contribution in [2.45, 2.75) is 89.1 Å². The molecule has 2 saturated heterocycles. The summed E-state index contributed by atoms with van der Waals surface area (Å²) >= 11 is 0. The second-order valence-electron chi connectivity index (χ2n) is 17.5. The van der Waals surface area contributed by atoms with Crippen molar-refractivity contribution in [1.82, 2.24) is 29.9 Å². The van der Waals surface area contributed by atoms with Gasteiger partial charge in [0.25, 0.3) is 17.7 Å². The highest BCUT2D eigenvalue weighted by molar-refractivity contribution is 6.25. The number of pyridine rings is 1. The van der Waals surface area contributed by atoms with Crippen LogP contribution < -0.4 is 15.5 Å². The fourth-order valence-corrected chi connectivity index (χ4v) is 9.46. The standard InChI is InChI=1S/C44H49F3N8O6/c1-43(2,61)30-21-32-27(20-33(30)49-39(57)31-7-5-9-36(48-31)44(45,46)47)24-54(51-32)28-12-10-25(11-13-28)22-52(3)23-26-16-18-53(19-17-26)34-8-4-6-29-38(34)42(60)55(41(29)59)35-14-15-37(56)50-40(35)58/h4-9,20-21,24-26,28,35,61H,10-19,22-23H2,1-3H3,(H,49,57)(H,50,56,58). The minimum atomic E-state index is -4.70. The predicted octanol–water partition coefficient (Wildman–Crippen LogP) is 5.91. The van der Waals surface area contributed by atoms with Crippen molar-refractivity contribution in [1.29, 1.82) is 0 Å². The van der Waals surface area contributed by atoms with Gasteiger partial charge in [-0.25, -0.2) is 4.98 Å². The van der Waals surface area contributed by atoms with Gasteiger partial charge in [0.05, 0.1) is 34.0 Å². The molecule has 4 aromatic rings. The van der Waals surface area contributed by atoms with Crippen molar-refractivity contribution in [3.8, 4) is 0 Å². The van der Waals surface area contributed by atoms with E-state index in [1.165, 1.54) is 6.07 Å². The first-order valence-corrected chi connectivity index (χ1v) is 20.8. The Labute approximate surface area is 350 Å². The number of aliphatic hydroxyl groups is 1. The van der Waals surface area contributed by atoms with Crippen LogP contribution in [-0.4, -0.2) is 98.5 Å². The van der Waals surface area contributed by atoms with Gasteiger partial charge in [-0.05, 0) is 114 Å². The van der Waals surface area contributed by atoms with Gasteiger partial charge in [0.15, 0.2) is 0 Å². The van der Waals surface area contributed by atoms with Crippen molar-refractivity contribution < 1.29 is 42.3 Å². The molecule has 1 atom stereocenters. The van der Waals surface area contributed by atoms with Crippen molar-refractivity contribution >= 4 is 51.8 Å². The van der Waals surface area contributed by atoms with Gasteiger partial charge in [0.2, 0.25) is 11.8 Å². The third-order valence-electron chi connectivity index (χ3n) is 12.6. The first kappa shape index (κ1) is 42.0. The highest BCUT2D eigenvalue weighted by atomic mass is 19.4. The lowest BCUT2D eigenvalue weighted by atomic mass is 9.85. The van der Waals surface area contributed by atoms with E-state index < -0.39 is 58.7 Å². The second-order valence-corrected chi connectivity index (χ2v) is 17.5. The summed E-state index contributed by atoms with van der Waals surface area (Å²) in [4.78, 5) is 73.4. The van der Waals surface area contributed by atoms with Crippen LogP contribution in [0.25, 0.3) is 10.9 Å². The van der Waals surface area contributed by atoms with E-state index in [4.69, 9.17) is 5.10 Å². The lowest BCUT2D eigenvalue weighted by molar-refractivity contribution is -0.141. The molecule has 2 aromatic heterocycles. The average molecular weight is 843 g/mol. The van der Waals surface area contributed by atoms with Crippen LogP contribution in [0.1, 0.15) is 114 Å². The predicted molar refractivity (Wildman–Crippen MR) is 219 cm³/mol. The molecule has 3 aliphatic heterocycles. The average Bonchev–Trinajstić information content (AvgIpc) is 3.75. The molecule has 61 heavy (non-hydrogen) atoms. The van der Waals surface area contributed by atoms with Crippen LogP contribution in [0.3, 0.4) is 0 Å². The third kappa shape index (κ3) is 8.62. The molecule has 5 amide bonds. The van der Waals surface area contributed by atoms with Crippen LogP contribution in [-0.2, 0) is 21.4 Å². The van der Waals surface area contributed by atoms with Crippen LogP contribution in [0.5, 0.6) is 0 Å². The Morgan fingerprint density at radius 2 is 1.61 bits per heavy atom. The summed E-state index contributed by atoms with van der Waals surface area (Å²) in [6, 6.07) is 10.9. The number of alkyl halides is 3. The SMILES string of the molecule is CN(CC1CCC(n2cc3cc(NC(=O)c4cccc(C(F)(F)F)n4)c(C(C)(C)O)cc3n2)CC1)CC1CCN(c2cccc3c2C(=O)N(C2CCC(=O)NC2=O)C3=O)CC1. The zero-order valence-electron chi connectivity index (χ0n) is 34.3. The minimum Gasteiger partial charge on any atom is -0.386 e. The summed E-state index contributed by atoms with van der Waals surface area (Å²) in [7, 11) is 2.16. The number of rotatable bonds is 10. The first-order chi connectivity index (χ1) is 28.9. The molecule has 1 unspecified atom stereocenters. The van der Waals surface area contributed by atoms with Crippen molar-refractivity contribution in [3.05, 3.63) is 82.8 Å². The van der Waals surface area contributed by atoms with Gasteiger partial charge < -0.3 is 20.2 Å². The first-order valence-electron chi connectivity index (χ1n) is 20.8. The van der Waals surface area contributed by atoms with E-state index in [1.54, 1.807) is 38.1 Å². The molecule has 322 valence electrons. The van der Waals surface area contributed by atoms with E-state index >= 15 is 0 Å². The Balaban J connectivity index is 0.844. The molecular weight excluding hydrogens is 794 g/mol. The number of piperidine rings is 2. The molecule has 0 bridgehead atoms. The number of hydrogen-bond acceptors (Lipinski definition) is 10. The van der Waals surface area contributed by atoms with E-state index in [2.05, 4.69) is 32.5 Å². The van der Waals surface area contributed by atoms with Crippen LogP contribution >= 0.6 is 0 Å². The maximum atomic E-state index is 13.7. The molecule has 1 saturated carbocycles. The number of imide groups is 2. The van der Waals surface area contributed by atoms with Gasteiger partial charge in [-0.3, -0.25) is 38.9 Å². The molecule has 3 fully saturated rings. The Hall–Kier alpha value is -5.68. The van der Waals surface area contributed by atoms with E-state index in [0.717, 1.165) is 87.1 Å². The zero-order chi connectivity index (χ0) is 43.4. The van der Waals surface area contributed by atoms with E-state index in [1.807, 2.05) is 16.9 Å². The Kier molecular flexibility index (Phi) is 11.2. The normalized spacial score (nSPS) is 21.7. The quantitative estimate of drug-likeness (QED) is 0.163. The van der Waals surface area contributed by atoms with Gasteiger partial charge in [-0.15, -0.1) is 0 Å². The molecule has 5 heterocycles. The third-order valence-corrected chi connectivity index (χ3v) is 12.6. The smallest absolute Gasteiger partial charge is 0.386 e. The lowest BCUT2D eigenvalue weighted by Crippen LogP contribution is -2.54. The molecule has 17 heteroatoms. The second kappa shape index (κ2) is 16.3. The number of nitrogens with one attached hydrogen (secondary N) is 2. The molecule has 4 aliphatic rings. The van der Waals surface area contributed by atoms with E-state index in [9.17, 15) is 42.3 Å². The van der Waals surface area contributed by atoms with Crippen molar-refractivity contribution in [3.63, 3.8) is 0 Å².